The Labute approximate surface area is 117 Å². The number of H-pyrrole nitrogens is 1. The quantitative estimate of drug-likeness (QED) is 0.914. The minimum absolute atomic E-state index is 0.164. The first kappa shape index (κ1) is 14.5. The van der Waals surface area contributed by atoms with Crippen molar-refractivity contribution in [3.8, 4) is 0 Å². The van der Waals surface area contributed by atoms with Gasteiger partial charge in [-0.2, -0.15) is 0 Å². The third-order valence-electron chi connectivity index (χ3n) is 3.22. The highest BCUT2D eigenvalue weighted by Crippen LogP contribution is 2.17. The molecule has 0 amide bonds. The molecule has 2 aromatic rings. The van der Waals surface area contributed by atoms with Crippen LogP contribution in [0.4, 0.5) is 0 Å². The summed E-state index contributed by atoms with van der Waals surface area (Å²) in [4.78, 5) is 29.4. The molecule has 20 heavy (non-hydrogen) atoms. The topological polar surface area (TPSA) is 58.1 Å². The summed E-state index contributed by atoms with van der Waals surface area (Å²) in [6.07, 6.45) is 0. The van der Waals surface area contributed by atoms with E-state index in [2.05, 4.69) is 9.88 Å². The molecule has 1 heterocycles. The lowest BCUT2D eigenvalue weighted by molar-refractivity contribution is 0.207. The van der Waals surface area contributed by atoms with Crippen molar-refractivity contribution in [1.82, 2.24) is 14.5 Å². The molecule has 5 nitrogen and oxygen atoms in total. The highest BCUT2D eigenvalue weighted by Gasteiger charge is 2.22. The van der Waals surface area contributed by atoms with E-state index < -0.39 is 0 Å². The predicted octanol–water partition coefficient (Wildman–Crippen LogP) is 1.28. The zero-order valence-electron chi connectivity index (χ0n) is 12.4. The Morgan fingerprint density at radius 3 is 2.50 bits per heavy atom. The predicted molar refractivity (Wildman–Crippen MR) is 81.2 cm³/mol. The van der Waals surface area contributed by atoms with Crippen LogP contribution in [0.5, 0.6) is 0 Å². The molecule has 1 N–H and O–H groups in total. The van der Waals surface area contributed by atoms with Gasteiger partial charge in [0.1, 0.15) is 0 Å². The second-order valence-corrected chi connectivity index (χ2v) is 6.27. The van der Waals surface area contributed by atoms with Gasteiger partial charge in [0, 0.05) is 13.1 Å². The smallest absolute Gasteiger partial charge is 0.309 e. The Morgan fingerprint density at radius 2 is 1.85 bits per heavy atom. The van der Waals surface area contributed by atoms with Crippen LogP contribution in [-0.2, 0) is 6.54 Å². The lowest BCUT2D eigenvalue weighted by Crippen LogP contribution is -2.42. The van der Waals surface area contributed by atoms with E-state index in [1.807, 2.05) is 27.9 Å². The number of aromatic amines is 1. The summed E-state index contributed by atoms with van der Waals surface area (Å²) in [5, 5.41) is 0.549. The van der Waals surface area contributed by atoms with Gasteiger partial charge in [-0.15, -0.1) is 0 Å². The van der Waals surface area contributed by atoms with Crippen LogP contribution in [-0.4, -0.2) is 35.1 Å². The molecule has 0 saturated carbocycles. The van der Waals surface area contributed by atoms with Gasteiger partial charge in [-0.05, 0) is 31.6 Å². The highest BCUT2D eigenvalue weighted by atomic mass is 16.2. The van der Waals surface area contributed by atoms with Crippen molar-refractivity contribution >= 4 is 10.9 Å². The normalized spacial score (nSPS) is 12.2. The molecule has 0 saturated heterocycles. The van der Waals surface area contributed by atoms with E-state index in [4.69, 9.17) is 0 Å². The van der Waals surface area contributed by atoms with Gasteiger partial charge in [0.15, 0.2) is 0 Å². The number of fused-ring (bicyclic) bond motifs is 1. The van der Waals surface area contributed by atoms with E-state index in [9.17, 15) is 9.59 Å². The van der Waals surface area contributed by atoms with Crippen LogP contribution in [0.15, 0.2) is 33.9 Å². The lowest BCUT2D eigenvalue weighted by Gasteiger charge is -2.28. The van der Waals surface area contributed by atoms with E-state index in [0.717, 1.165) is 6.54 Å². The number of benzene rings is 1. The van der Waals surface area contributed by atoms with Crippen molar-refractivity contribution in [3.63, 3.8) is 0 Å². The molecule has 0 aliphatic rings. The third kappa shape index (κ3) is 2.99. The summed E-state index contributed by atoms with van der Waals surface area (Å²) in [7, 11) is 3.96. The van der Waals surface area contributed by atoms with Gasteiger partial charge in [-0.1, -0.05) is 26.0 Å². The van der Waals surface area contributed by atoms with Crippen LogP contribution in [0.2, 0.25) is 0 Å². The van der Waals surface area contributed by atoms with Gasteiger partial charge < -0.3 is 9.88 Å². The molecule has 1 aromatic carbocycles. The number of rotatable bonds is 4. The molecule has 0 spiro atoms. The second-order valence-electron chi connectivity index (χ2n) is 6.27. The van der Waals surface area contributed by atoms with Crippen LogP contribution < -0.4 is 11.2 Å². The van der Waals surface area contributed by atoms with Gasteiger partial charge in [0.25, 0.3) is 5.56 Å². The monoisotopic (exact) mass is 275 g/mol. The SMILES string of the molecule is CN(C)CC(C)(C)Cn1c(=O)[nH]c2ccccc2c1=O. The average Bonchev–Trinajstić information content (AvgIpc) is 2.33. The van der Waals surface area contributed by atoms with Crippen molar-refractivity contribution in [2.24, 2.45) is 5.41 Å². The fourth-order valence-corrected chi connectivity index (χ4v) is 2.68. The molecule has 108 valence electrons. The molecule has 2 rings (SSSR count). The Kier molecular flexibility index (Phi) is 3.81. The number of nitrogens with one attached hydrogen (secondary N) is 1. The van der Waals surface area contributed by atoms with Crippen LogP contribution >= 0.6 is 0 Å². The lowest BCUT2D eigenvalue weighted by atomic mass is 9.93. The van der Waals surface area contributed by atoms with Gasteiger partial charge in [-0.25, -0.2) is 4.79 Å². The molecule has 0 radical (unpaired) electrons. The van der Waals surface area contributed by atoms with E-state index in [-0.39, 0.29) is 16.7 Å². The minimum Gasteiger partial charge on any atom is -0.309 e. The van der Waals surface area contributed by atoms with Gasteiger partial charge >= 0.3 is 5.69 Å². The number of hydrogen-bond acceptors (Lipinski definition) is 3. The number of hydrogen-bond donors (Lipinski definition) is 1. The number of nitrogens with zero attached hydrogens (tertiary/aromatic N) is 2. The van der Waals surface area contributed by atoms with E-state index in [0.29, 0.717) is 17.4 Å². The Morgan fingerprint density at radius 1 is 1.20 bits per heavy atom. The summed E-state index contributed by atoms with van der Waals surface area (Å²) in [5.41, 5.74) is -0.149. The van der Waals surface area contributed by atoms with E-state index in [1.54, 1.807) is 24.3 Å². The molecule has 0 aliphatic carbocycles. The fraction of sp³-hybridized carbons (Fsp3) is 0.467. The van der Waals surface area contributed by atoms with Crippen molar-refractivity contribution in [2.45, 2.75) is 20.4 Å². The summed E-state index contributed by atoms with van der Waals surface area (Å²) in [6, 6.07) is 7.09. The zero-order valence-corrected chi connectivity index (χ0v) is 12.4. The van der Waals surface area contributed by atoms with Gasteiger partial charge in [0.2, 0.25) is 0 Å². The number of aromatic nitrogens is 2. The maximum absolute atomic E-state index is 12.4. The van der Waals surface area contributed by atoms with Crippen LogP contribution in [0, 0.1) is 5.41 Å². The van der Waals surface area contributed by atoms with Crippen molar-refractivity contribution in [3.05, 3.63) is 45.1 Å². The Bertz CT molecular complexity index is 726. The minimum atomic E-state index is -0.347. The third-order valence-corrected chi connectivity index (χ3v) is 3.22. The largest absolute Gasteiger partial charge is 0.328 e. The first-order valence-electron chi connectivity index (χ1n) is 6.67. The maximum atomic E-state index is 12.4. The van der Waals surface area contributed by atoms with Crippen LogP contribution in [0.1, 0.15) is 13.8 Å². The van der Waals surface area contributed by atoms with Crippen molar-refractivity contribution < 1.29 is 0 Å². The molecule has 0 unspecified atom stereocenters. The van der Waals surface area contributed by atoms with Crippen LogP contribution in [0.25, 0.3) is 10.9 Å². The number of para-hydroxylation sites is 1. The molecular weight excluding hydrogens is 254 g/mol. The van der Waals surface area contributed by atoms with Gasteiger partial charge in [0.05, 0.1) is 10.9 Å². The van der Waals surface area contributed by atoms with E-state index in [1.165, 1.54) is 4.57 Å². The van der Waals surface area contributed by atoms with Crippen molar-refractivity contribution in [1.29, 1.82) is 0 Å². The highest BCUT2D eigenvalue weighted by molar-refractivity contribution is 5.76. The fourth-order valence-electron chi connectivity index (χ4n) is 2.68. The van der Waals surface area contributed by atoms with E-state index >= 15 is 0 Å². The molecule has 5 heteroatoms. The molecular formula is C15H21N3O2. The average molecular weight is 275 g/mol. The summed E-state index contributed by atoms with van der Waals surface area (Å²) in [5.74, 6) is 0. The standard InChI is InChI=1S/C15H21N3O2/c1-15(2,9-17(3)4)10-18-13(19)11-7-5-6-8-12(11)16-14(18)20/h5-8H,9-10H2,1-4H3,(H,16,20). The Hall–Kier alpha value is -1.88. The molecule has 1 aromatic heterocycles. The first-order valence-corrected chi connectivity index (χ1v) is 6.67. The maximum Gasteiger partial charge on any atom is 0.328 e. The Balaban J connectivity index is 2.50. The first-order chi connectivity index (χ1) is 9.30. The van der Waals surface area contributed by atoms with Crippen molar-refractivity contribution in [2.75, 3.05) is 20.6 Å². The summed E-state index contributed by atoms with van der Waals surface area (Å²) >= 11 is 0. The molecule has 0 fully saturated rings. The zero-order chi connectivity index (χ0) is 14.9. The van der Waals surface area contributed by atoms with Gasteiger partial charge in [-0.3, -0.25) is 9.36 Å². The summed E-state index contributed by atoms with van der Waals surface area (Å²) in [6.45, 7) is 5.29. The molecule has 0 aliphatic heterocycles. The van der Waals surface area contributed by atoms with Crippen LogP contribution in [0.3, 0.4) is 0 Å². The summed E-state index contributed by atoms with van der Waals surface area (Å²) < 4.78 is 1.30. The second kappa shape index (κ2) is 5.25. The molecule has 0 atom stereocenters. The molecule has 0 bridgehead atoms.